The van der Waals surface area contributed by atoms with Gasteiger partial charge in [0.2, 0.25) is 0 Å². The predicted molar refractivity (Wildman–Crippen MR) is 135 cm³/mol. The van der Waals surface area contributed by atoms with Crippen LogP contribution < -0.4 is 4.13 Å². The van der Waals surface area contributed by atoms with Crippen molar-refractivity contribution in [2.24, 2.45) is 0 Å². The van der Waals surface area contributed by atoms with Gasteiger partial charge < -0.3 is 0 Å². The van der Waals surface area contributed by atoms with E-state index in [0.29, 0.717) is 6.07 Å². The quantitative estimate of drug-likeness (QED) is 0.103. The van der Waals surface area contributed by atoms with Gasteiger partial charge in [-0.15, -0.1) is 0 Å². The number of benzene rings is 2. The van der Waals surface area contributed by atoms with Crippen LogP contribution in [-0.4, -0.2) is 76.6 Å². The van der Waals surface area contributed by atoms with Crippen LogP contribution in [-0.2, 0) is 39.6 Å². The Morgan fingerprint density at radius 2 is 1.02 bits per heavy atom. The summed E-state index contributed by atoms with van der Waals surface area (Å²) in [5.74, 6) is -19.0. The molecule has 10 nitrogen and oxygen atoms in total. The van der Waals surface area contributed by atoms with Crippen molar-refractivity contribution in [3.8, 4) is 0 Å². The minimum Gasteiger partial charge on any atom is -0.282 e. The first-order chi connectivity index (χ1) is 22.7. The van der Waals surface area contributed by atoms with Crippen LogP contribution in [0.5, 0.6) is 0 Å². The van der Waals surface area contributed by atoms with Crippen LogP contribution in [0.4, 0.5) is 74.6 Å². The van der Waals surface area contributed by atoms with Gasteiger partial charge in [0.1, 0.15) is 5.82 Å². The van der Waals surface area contributed by atoms with Gasteiger partial charge in [0.25, 0.3) is 30.2 Å². The average molecular weight is 894 g/mol. The van der Waals surface area contributed by atoms with Gasteiger partial charge in [0.15, 0.2) is 0 Å². The monoisotopic (exact) mass is 893 g/mol. The molecule has 0 saturated carbocycles. The lowest BCUT2D eigenvalue weighted by molar-refractivity contribution is -0.523. The third-order valence-electron chi connectivity index (χ3n) is 5.44. The predicted octanol–water partition coefficient (Wildman–Crippen LogP) is 6.99. The summed E-state index contributed by atoms with van der Waals surface area (Å²) in [5.41, 5.74) is 0. The van der Waals surface area contributed by atoms with E-state index in [1.54, 1.807) is 4.74 Å². The van der Waals surface area contributed by atoms with Gasteiger partial charge in [-0.05, 0) is 54.2 Å². The Labute approximate surface area is 286 Å². The second-order valence-corrected chi connectivity index (χ2v) is 15.8. The van der Waals surface area contributed by atoms with E-state index in [0.717, 1.165) is 0 Å². The van der Waals surface area contributed by atoms with Crippen molar-refractivity contribution >= 4 is 53.5 Å². The van der Waals surface area contributed by atoms with E-state index in [1.165, 1.54) is 4.74 Å². The Hall–Kier alpha value is -2.42. The smallest absolute Gasteiger partial charge is 0.282 e. The lowest BCUT2D eigenvalue weighted by atomic mass is 10.1. The summed E-state index contributed by atoms with van der Waals surface area (Å²) < 4.78 is 319. The summed E-state index contributed by atoms with van der Waals surface area (Å²) in [7, 11) is -19.2. The van der Waals surface area contributed by atoms with Crippen molar-refractivity contribution in [3.63, 3.8) is 0 Å². The maximum Gasteiger partial charge on any atom is 0.449 e. The number of ether oxygens (including phenoxy) is 2. The zero-order valence-corrected chi connectivity index (χ0v) is 27.2. The highest BCUT2D eigenvalue weighted by atomic mass is 35.5. The Balaban J connectivity index is 2.43. The first kappa shape index (κ1) is 45.7. The first-order valence-electron chi connectivity index (χ1n) is 11.6. The largest absolute Gasteiger partial charge is 0.449 e. The summed E-state index contributed by atoms with van der Waals surface area (Å²) in [6.07, 6.45) is -31.5. The standard InChI is InChI=1S/C20H9ClF17NO9S4/c21-8-1-6-12(11(22)7-8)49-19(35,36)17(31,32)47-15(27,28)13(23,24)14(25,26)16(29,30)48-18(33,34)20(37,38)52(45,46)39-50(40,41)9-2-4-10(5-3-9)51(42,43)44/h1-7,39H,(H,42,43,44). The molecule has 0 atom stereocenters. The Bertz CT molecular complexity index is 2000. The molecule has 0 saturated heterocycles. The van der Waals surface area contributed by atoms with Crippen molar-refractivity contribution in [1.29, 1.82) is 0 Å². The zero-order chi connectivity index (χ0) is 41.2. The van der Waals surface area contributed by atoms with Gasteiger partial charge in [-0.25, -0.2) is 30.7 Å². The summed E-state index contributed by atoms with van der Waals surface area (Å²) in [6.45, 7) is 0. The Morgan fingerprint density at radius 3 is 1.42 bits per heavy atom. The van der Waals surface area contributed by atoms with Crippen LogP contribution in [0.2, 0.25) is 5.02 Å². The van der Waals surface area contributed by atoms with Gasteiger partial charge in [-0.2, -0.15) is 78.7 Å². The Morgan fingerprint density at radius 1 is 0.615 bits per heavy atom. The fourth-order valence-corrected chi connectivity index (χ4v) is 7.06. The summed E-state index contributed by atoms with van der Waals surface area (Å²) in [4.78, 5) is -4.48. The third kappa shape index (κ3) is 8.60. The first-order valence-corrected chi connectivity index (χ1v) is 17.2. The molecule has 0 aliphatic heterocycles. The molecular formula is C20H9ClF17NO9S4. The number of sulfonamides is 2. The molecule has 0 aromatic heterocycles. The van der Waals surface area contributed by atoms with Crippen LogP contribution in [0.1, 0.15) is 0 Å². The second-order valence-electron chi connectivity index (χ2n) is 9.17. The van der Waals surface area contributed by atoms with Gasteiger partial charge >= 0.3 is 46.8 Å². The van der Waals surface area contributed by atoms with Crippen molar-refractivity contribution in [3.05, 3.63) is 53.3 Å². The second kappa shape index (κ2) is 13.7. The molecule has 0 unspecified atom stereocenters. The molecule has 32 heteroatoms. The number of halogens is 18. The highest BCUT2D eigenvalue weighted by Crippen LogP contribution is 2.58. The topological polar surface area (TPSA) is 153 Å². The molecular weight excluding hydrogens is 885 g/mol. The van der Waals surface area contributed by atoms with Gasteiger partial charge in [0.05, 0.1) is 9.79 Å². The van der Waals surface area contributed by atoms with Crippen LogP contribution in [0.15, 0.2) is 57.2 Å². The van der Waals surface area contributed by atoms with Crippen molar-refractivity contribution in [2.45, 2.75) is 61.5 Å². The molecule has 0 aliphatic rings. The van der Waals surface area contributed by atoms with E-state index in [1.807, 2.05) is 0 Å². The molecule has 52 heavy (non-hydrogen) atoms. The number of rotatable bonds is 16. The van der Waals surface area contributed by atoms with E-state index in [9.17, 15) is 99.9 Å². The number of hydrogen-bond acceptors (Lipinski definition) is 9. The summed E-state index contributed by atoms with van der Waals surface area (Å²) in [5, 5.41) is -14.7. The van der Waals surface area contributed by atoms with E-state index >= 15 is 0 Å². The molecule has 0 bridgehead atoms. The van der Waals surface area contributed by atoms with Gasteiger partial charge in [0, 0.05) is 9.92 Å². The third-order valence-corrected chi connectivity index (χ3v) is 11.1. The number of nitrogens with one attached hydrogen (secondary N) is 1. The highest BCUT2D eigenvalue weighted by Gasteiger charge is 2.87. The fourth-order valence-electron chi connectivity index (χ4n) is 2.88. The Kier molecular flexibility index (Phi) is 12.1. The van der Waals surface area contributed by atoms with E-state index in [2.05, 4.69) is 0 Å². The molecule has 2 rings (SSSR count). The maximum absolute atomic E-state index is 14.2. The van der Waals surface area contributed by atoms with E-state index < -0.39 is 114 Å². The van der Waals surface area contributed by atoms with Crippen LogP contribution in [0.3, 0.4) is 0 Å². The lowest BCUT2D eigenvalue weighted by Gasteiger charge is -2.38. The summed E-state index contributed by atoms with van der Waals surface area (Å²) in [6, 6.07) is 0.962. The number of hydrogen-bond donors (Lipinski definition) is 2. The van der Waals surface area contributed by atoms with Crippen LogP contribution >= 0.6 is 23.4 Å². The lowest BCUT2D eigenvalue weighted by Crippen LogP contribution is -2.67. The van der Waals surface area contributed by atoms with Gasteiger partial charge in [-0.1, -0.05) is 15.7 Å². The molecule has 0 radical (unpaired) electrons. The maximum atomic E-state index is 14.2. The molecule has 0 amide bonds. The molecule has 0 aliphatic carbocycles. The number of alkyl halides is 16. The normalized spacial score (nSPS) is 15.2. The van der Waals surface area contributed by atoms with E-state index in [-0.39, 0.29) is 40.5 Å². The molecule has 0 fully saturated rings. The highest BCUT2D eigenvalue weighted by molar-refractivity contribution is 8.05. The minimum absolute atomic E-state index is 0.0270. The average Bonchev–Trinajstić information content (AvgIpc) is 2.92. The van der Waals surface area contributed by atoms with Crippen molar-refractivity contribution < 1.29 is 114 Å². The molecule has 298 valence electrons. The summed E-state index contributed by atoms with van der Waals surface area (Å²) >= 11 is 3.41. The molecule has 2 aromatic carbocycles. The molecule has 0 heterocycles. The number of thioether (sulfide) groups is 1. The van der Waals surface area contributed by atoms with E-state index in [4.69, 9.17) is 16.2 Å². The SMILES string of the molecule is O=S(=O)(O)c1ccc(S(=O)(=O)NS(=O)(=O)C(F)(F)C(F)(F)OC(F)(F)C(F)(F)C(F)(F)C(F)(F)OC(F)(F)C(F)(F)Sc2ccc(Cl)cc2F)cc1. The van der Waals surface area contributed by atoms with Crippen molar-refractivity contribution in [2.75, 3.05) is 0 Å². The van der Waals surface area contributed by atoms with Gasteiger partial charge in [-0.3, -0.25) is 4.55 Å². The van der Waals surface area contributed by atoms with Crippen molar-refractivity contribution in [1.82, 2.24) is 4.13 Å². The van der Waals surface area contributed by atoms with Crippen LogP contribution in [0.25, 0.3) is 0 Å². The van der Waals surface area contributed by atoms with Crippen LogP contribution in [0, 0.1) is 5.82 Å². The molecule has 2 aromatic rings. The molecule has 2 N–H and O–H groups in total. The molecule has 0 spiro atoms. The fraction of sp³-hybridized carbons (Fsp3) is 0.400. The zero-order valence-electron chi connectivity index (χ0n) is 23.2. The minimum atomic E-state index is -8.57.